The smallest absolute Gasteiger partial charge is 0.388 e. The highest BCUT2D eigenvalue weighted by Gasteiger charge is 2.05. The van der Waals surface area contributed by atoms with Crippen molar-refractivity contribution in [1.82, 2.24) is 19.7 Å². The van der Waals surface area contributed by atoms with Crippen LogP contribution >= 0.6 is 12.2 Å². The molecule has 2 heterocycles. The standard InChI is InChI=1S/C10H8F2N4O2S/c11-9(12)18-7-2-1-6(3-13-7)5-16-10(17)15-8(19)4-14-16/h1-4,9H,5H2,(H,15,17,19). The summed E-state index contributed by atoms with van der Waals surface area (Å²) in [6.07, 6.45) is 2.66. The minimum atomic E-state index is -2.92. The van der Waals surface area contributed by atoms with Gasteiger partial charge in [-0.2, -0.15) is 13.9 Å². The van der Waals surface area contributed by atoms with Gasteiger partial charge in [0.05, 0.1) is 12.7 Å². The van der Waals surface area contributed by atoms with Crippen molar-refractivity contribution in [2.24, 2.45) is 0 Å². The maximum Gasteiger partial charge on any atom is 0.388 e. The highest BCUT2D eigenvalue weighted by Crippen LogP contribution is 2.10. The largest absolute Gasteiger partial charge is 0.417 e. The highest BCUT2D eigenvalue weighted by molar-refractivity contribution is 7.71. The van der Waals surface area contributed by atoms with E-state index in [1.165, 1.54) is 24.5 Å². The van der Waals surface area contributed by atoms with Crippen molar-refractivity contribution in [1.29, 1.82) is 0 Å². The van der Waals surface area contributed by atoms with Crippen molar-refractivity contribution in [3.8, 4) is 5.88 Å². The topological polar surface area (TPSA) is 72.8 Å². The first-order valence-electron chi connectivity index (χ1n) is 5.11. The number of ether oxygens (including phenoxy) is 1. The predicted molar refractivity (Wildman–Crippen MR) is 63.7 cm³/mol. The fraction of sp³-hybridized carbons (Fsp3) is 0.200. The number of rotatable bonds is 4. The molecule has 0 bridgehead atoms. The normalized spacial score (nSPS) is 10.7. The molecule has 0 radical (unpaired) electrons. The molecule has 1 N–H and O–H groups in total. The number of hydrogen-bond acceptors (Lipinski definition) is 5. The summed E-state index contributed by atoms with van der Waals surface area (Å²) >= 11 is 4.75. The maximum atomic E-state index is 11.9. The third-order valence-corrected chi connectivity index (χ3v) is 2.33. The lowest BCUT2D eigenvalue weighted by Gasteiger charge is -2.05. The fourth-order valence-corrected chi connectivity index (χ4v) is 1.46. The van der Waals surface area contributed by atoms with Crippen LogP contribution in [0.15, 0.2) is 29.3 Å². The Kier molecular flexibility index (Phi) is 3.95. The molecule has 0 amide bonds. The highest BCUT2D eigenvalue weighted by atomic mass is 32.1. The van der Waals surface area contributed by atoms with Crippen molar-refractivity contribution in [3.63, 3.8) is 0 Å². The van der Waals surface area contributed by atoms with Gasteiger partial charge in [0, 0.05) is 12.3 Å². The Hall–Kier alpha value is -2.16. The summed E-state index contributed by atoms with van der Waals surface area (Å²) in [6.45, 7) is -2.77. The molecular weight excluding hydrogens is 278 g/mol. The van der Waals surface area contributed by atoms with E-state index in [1.807, 2.05) is 0 Å². The monoisotopic (exact) mass is 286 g/mol. The average Bonchev–Trinajstić information content (AvgIpc) is 2.34. The number of hydrogen-bond donors (Lipinski definition) is 1. The van der Waals surface area contributed by atoms with Gasteiger partial charge in [-0.3, -0.25) is 4.98 Å². The maximum absolute atomic E-state index is 11.9. The quantitative estimate of drug-likeness (QED) is 0.859. The van der Waals surface area contributed by atoms with Gasteiger partial charge >= 0.3 is 12.3 Å². The van der Waals surface area contributed by atoms with Crippen LogP contribution in [0, 0.1) is 4.64 Å². The second-order valence-electron chi connectivity index (χ2n) is 3.48. The van der Waals surface area contributed by atoms with Crippen LogP contribution in [0.3, 0.4) is 0 Å². The fourth-order valence-electron chi connectivity index (χ4n) is 1.33. The van der Waals surface area contributed by atoms with Crippen LogP contribution in [0.2, 0.25) is 0 Å². The van der Waals surface area contributed by atoms with Crippen molar-refractivity contribution in [2.75, 3.05) is 0 Å². The van der Waals surface area contributed by atoms with E-state index in [2.05, 4.69) is 19.8 Å². The minimum Gasteiger partial charge on any atom is -0.417 e. The Morgan fingerprint density at radius 1 is 1.42 bits per heavy atom. The number of nitrogens with one attached hydrogen (secondary N) is 1. The van der Waals surface area contributed by atoms with E-state index in [0.717, 1.165) is 4.68 Å². The zero-order valence-corrected chi connectivity index (χ0v) is 10.2. The predicted octanol–water partition coefficient (Wildman–Crippen LogP) is 1.35. The van der Waals surface area contributed by atoms with E-state index in [-0.39, 0.29) is 17.1 Å². The molecule has 2 aromatic heterocycles. The van der Waals surface area contributed by atoms with Crippen LogP contribution in [0.5, 0.6) is 5.88 Å². The SMILES string of the molecule is O=c1[nH]c(=S)cnn1Cc1ccc(OC(F)F)nc1. The first-order valence-corrected chi connectivity index (χ1v) is 5.51. The van der Waals surface area contributed by atoms with Crippen molar-refractivity contribution in [2.45, 2.75) is 13.2 Å². The summed E-state index contributed by atoms with van der Waals surface area (Å²) in [7, 11) is 0. The Labute approximate surface area is 110 Å². The second-order valence-corrected chi connectivity index (χ2v) is 3.92. The van der Waals surface area contributed by atoms with Gasteiger partial charge < -0.3 is 4.74 Å². The van der Waals surface area contributed by atoms with E-state index < -0.39 is 12.3 Å². The number of nitrogens with zero attached hydrogens (tertiary/aromatic N) is 3. The summed E-state index contributed by atoms with van der Waals surface area (Å²) in [5.41, 5.74) is 0.155. The molecule has 0 atom stereocenters. The first-order chi connectivity index (χ1) is 9.04. The van der Waals surface area contributed by atoms with Gasteiger partial charge in [0.2, 0.25) is 5.88 Å². The Morgan fingerprint density at radius 2 is 2.21 bits per heavy atom. The van der Waals surface area contributed by atoms with E-state index in [0.29, 0.717) is 5.56 Å². The number of aromatic nitrogens is 4. The summed E-state index contributed by atoms with van der Waals surface area (Å²) in [4.78, 5) is 17.6. The molecule has 0 saturated carbocycles. The van der Waals surface area contributed by atoms with Crippen molar-refractivity contribution >= 4 is 12.2 Å². The van der Waals surface area contributed by atoms with E-state index in [4.69, 9.17) is 12.2 Å². The van der Waals surface area contributed by atoms with Crippen molar-refractivity contribution < 1.29 is 13.5 Å². The molecule has 6 nitrogen and oxygen atoms in total. The molecule has 0 aliphatic carbocycles. The summed E-state index contributed by atoms with van der Waals surface area (Å²) < 4.78 is 29.3. The Morgan fingerprint density at radius 3 is 2.79 bits per heavy atom. The Bertz CT molecular complexity index is 668. The Balaban J connectivity index is 2.15. The molecule has 0 fully saturated rings. The minimum absolute atomic E-state index is 0.146. The first kappa shape index (κ1) is 13.3. The van der Waals surface area contributed by atoms with Crippen LogP contribution in [-0.2, 0) is 6.54 Å². The van der Waals surface area contributed by atoms with Crippen LogP contribution in [0.1, 0.15) is 5.56 Å². The van der Waals surface area contributed by atoms with Gasteiger partial charge in [0.1, 0.15) is 4.64 Å². The van der Waals surface area contributed by atoms with Gasteiger partial charge in [0.15, 0.2) is 0 Å². The molecule has 2 aromatic rings. The van der Waals surface area contributed by atoms with Gasteiger partial charge in [-0.25, -0.2) is 14.5 Å². The number of aromatic amines is 1. The van der Waals surface area contributed by atoms with E-state index >= 15 is 0 Å². The molecule has 0 saturated heterocycles. The summed E-state index contributed by atoms with van der Waals surface area (Å²) in [5, 5.41) is 3.83. The number of pyridine rings is 1. The van der Waals surface area contributed by atoms with Crippen molar-refractivity contribution in [3.05, 3.63) is 45.2 Å². The van der Waals surface area contributed by atoms with Crippen LogP contribution in [0.4, 0.5) is 8.78 Å². The third kappa shape index (κ3) is 3.65. The average molecular weight is 286 g/mol. The van der Waals surface area contributed by atoms with E-state index in [1.54, 1.807) is 0 Å². The molecule has 9 heteroatoms. The van der Waals surface area contributed by atoms with Crippen LogP contribution in [-0.4, -0.2) is 26.4 Å². The molecule has 19 heavy (non-hydrogen) atoms. The molecule has 0 aromatic carbocycles. The molecule has 2 rings (SSSR count). The van der Waals surface area contributed by atoms with Gasteiger partial charge in [-0.05, 0) is 5.56 Å². The molecule has 100 valence electrons. The van der Waals surface area contributed by atoms with Crippen LogP contribution < -0.4 is 10.4 Å². The summed E-state index contributed by atoms with van der Waals surface area (Å²) in [6, 6.07) is 2.80. The number of halogens is 2. The summed E-state index contributed by atoms with van der Waals surface area (Å²) in [5.74, 6) is -0.188. The number of H-pyrrole nitrogens is 1. The third-order valence-electron chi connectivity index (χ3n) is 2.12. The second kappa shape index (κ2) is 5.65. The lowest BCUT2D eigenvalue weighted by atomic mass is 10.3. The lowest BCUT2D eigenvalue weighted by Crippen LogP contribution is -2.25. The van der Waals surface area contributed by atoms with Gasteiger partial charge in [-0.15, -0.1) is 0 Å². The van der Waals surface area contributed by atoms with Crippen LogP contribution in [0.25, 0.3) is 0 Å². The number of alkyl halides is 2. The van der Waals surface area contributed by atoms with Gasteiger partial charge in [-0.1, -0.05) is 18.3 Å². The molecule has 0 spiro atoms. The molecule has 0 unspecified atom stereocenters. The molecular formula is C10H8F2N4O2S. The lowest BCUT2D eigenvalue weighted by molar-refractivity contribution is -0.0528. The molecule has 0 aliphatic heterocycles. The zero-order valence-electron chi connectivity index (χ0n) is 9.42. The zero-order chi connectivity index (χ0) is 13.8. The van der Waals surface area contributed by atoms with E-state index in [9.17, 15) is 13.6 Å². The van der Waals surface area contributed by atoms with Gasteiger partial charge in [0.25, 0.3) is 0 Å². The molecule has 0 aliphatic rings.